The number of nitrogens with zero attached hydrogens (tertiary/aromatic N) is 2. The molecule has 162 valence electrons. The first-order chi connectivity index (χ1) is 14.4. The molecular formula is C23H30N2O4S. The van der Waals surface area contributed by atoms with Crippen molar-refractivity contribution in [2.75, 3.05) is 19.6 Å². The van der Waals surface area contributed by atoms with Gasteiger partial charge in [-0.15, -0.1) is 0 Å². The van der Waals surface area contributed by atoms with Crippen LogP contribution in [0.25, 0.3) is 0 Å². The largest absolute Gasteiger partial charge is 0.367 e. The molecule has 7 heteroatoms. The van der Waals surface area contributed by atoms with Gasteiger partial charge in [0.1, 0.15) is 5.70 Å². The lowest BCUT2D eigenvalue weighted by atomic mass is 9.90. The topological polar surface area (TPSA) is 74.8 Å². The van der Waals surface area contributed by atoms with Crippen molar-refractivity contribution in [3.63, 3.8) is 0 Å². The number of carbonyl (C=O) groups excluding carboxylic acids is 2. The van der Waals surface area contributed by atoms with Crippen molar-refractivity contribution in [2.45, 2.75) is 58.4 Å². The lowest BCUT2D eigenvalue weighted by Crippen LogP contribution is -2.48. The van der Waals surface area contributed by atoms with Crippen LogP contribution in [0.15, 0.2) is 34.9 Å². The summed E-state index contributed by atoms with van der Waals surface area (Å²) in [6.45, 7) is 5.72. The highest BCUT2D eigenvalue weighted by molar-refractivity contribution is 7.94. The van der Waals surface area contributed by atoms with E-state index >= 15 is 0 Å². The van der Waals surface area contributed by atoms with Gasteiger partial charge in [-0.1, -0.05) is 44.5 Å². The zero-order chi connectivity index (χ0) is 21.5. The van der Waals surface area contributed by atoms with Crippen molar-refractivity contribution < 1.29 is 18.0 Å². The minimum atomic E-state index is -4.08. The Bertz CT molecular complexity index is 990. The van der Waals surface area contributed by atoms with E-state index in [-0.39, 0.29) is 28.0 Å². The van der Waals surface area contributed by atoms with Crippen LogP contribution >= 0.6 is 0 Å². The van der Waals surface area contributed by atoms with E-state index in [1.54, 1.807) is 24.3 Å². The van der Waals surface area contributed by atoms with Gasteiger partial charge in [-0.3, -0.25) is 9.59 Å². The number of sulfonamides is 1. The molecule has 2 fully saturated rings. The van der Waals surface area contributed by atoms with Gasteiger partial charge in [0.05, 0.1) is 0 Å². The van der Waals surface area contributed by atoms with Gasteiger partial charge in [-0.2, -0.15) is 4.31 Å². The van der Waals surface area contributed by atoms with Crippen LogP contribution in [-0.2, 0) is 10.0 Å². The summed E-state index contributed by atoms with van der Waals surface area (Å²) in [7, 11) is -4.08. The number of hydrogen-bond acceptors (Lipinski definition) is 5. The maximum absolute atomic E-state index is 13.9. The second-order valence-electron chi connectivity index (χ2n) is 8.72. The standard InChI is InChI=1S/C23H30N2O4S/c1-3-17-8-6-7-13-25(17)30(28,29)23-20(24-14-11-16(2)12-15-24)21(26)18-9-4-5-10-19(18)22(23)27/h4-5,9-10,16-17H,3,6-8,11-15H2,1-2H3. The smallest absolute Gasteiger partial charge is 0.249 e. The summed E-state index contributed by atoms with van der Waals surface area (Å²) < 4.78 is 29.2. The Hall–Kier alpha value is -1.99. The summed E-state index contributed by atoms with van der Waals surface area (Å²) in [4.78, 5) is 28.6. The Labute approximate surface area is 179 Å². The van der Waals surface area contributed by atoms with Gasteiger partial charge in [0.15, 0.2) is 4.91 Å². The fourth-order valence-corrected chi connectivity index (χ4v) is 6.98. The molecule has 0 aromatic heterocycles. The molecule has 2 heterocycles. The van der Waals surface area contributed by atoms with Crippen molar-refractivity contribution in [3.05, 3.63) is 46.0 Å². The molecule has 1 atom stereocenters. The number of piperidine rings is 2. The third-order valence-electron chi connectivity index (χ3n) is 6.76. The van der Waals surface area contributed by atoms with E-state index < -0.39 is 15.8 Å². The molecule has 1 aromatic carbocycles. The average molecular weight is 431 g/mol. The molecule has 4 rings (SSSR count). The molecule has 0 N–H and O–H groups in total. The summed E-state index contributed by atoms with van der Waals surface area (Å²) >= 11 is 0. The van der Waals surface area contributed by atoms with E-state index in [1.807, 2.05) is 11.8 Å². The molecule has 2 aliphatic heterocycles. The molecule has 0 radical (unpaired) electrons. The minimum Gasteiger partial charge on any atom is -0.367 e. The Morgan fingerprint density at radius 2 is 1.57 bits per heavy atom. The highest BCUT2D eigenvalue weighted by atomic mass is 32.2. The number of Topliss-reactive ketones (excluding diaryl/α,β-unsaturated/α-hetero) is 2. The molecule has 0 amide bonds. The molecule has 2 saturated heterocycles. The van der Waals surface area contributed by atoms with Crippen molar-refractivity contribution >= 4 is 21.6 Å². The summed E-state index contributed by atoms with van der Waals surface area (Å²) in [6, 6.07) is 6.46. The van der Waals surface area contributed by atoms with E-state index in [0.717, 1.165) is 32.1 Å². The van der Waals surface area contributed by atoms with Crippen LogP contribution in [0.3, 0.4) is 0 Å². The van der Waals surface area contributed by atoms with Crippen molar-refractivity contribution in [1.82, 2.24) is 9.21 Å². The van der Waals surface area contributed by atoms with Crippen LogP contribution < -0.4 is 0 Å². The first-order valence-electron chi connectivity index (χ1n) is 11.1. The Morgan fingerprint density at radius 1 is 0.933 bits per heavy atom. The van der Waals surface area contributed by atoms with Crippen molar-refractivity contribution in [2.24, 2.45) is 5.92 Å². The second kappa shape index (κ2) is 8.27. The lowest BCUT2D eigenvalue weighted by molar-refractivity contribution is 0.0931. The number of likely N-dealkylation sites (tertiary alicyclic amines) is 1. The number of allylic oxidation sites excluding steroid dienone is 2. The first kappa shape index (κ1) is 21.2. The maximum Gasteiger partial charge on any atom is 0.249 e. The highest BCUT2D eigenvalue weighted by Gasteiger charge is 2.45. The van der Waals surface area contributed by atoms with Gasteiger partial charge in [0, 0.05) is 36.8 Å². The van der Waals surface area contributed by atoms with E-state index in [1.165, 1.54) is 4.31 Å². The Morgan fingerprint density at radius 3 is 2.20 bits per heavy atom. The van der Waals surface area contributed by atoms with Gasteiger partial charge in [-0.05, 0) is 38.0 Å². The zero-order valence-corrected chi connectivity index (χ0v) is 18.6. The quantitative estimate of drug-likeness (QED) is 0.730. The normalized spacial score (nSPS) is 24.3. The average Bonchev–Trinajstić information content (AvgIpc) is 2.76. The van der Waals surface area contributed by atoms with Gasteiger partial charge < -0.3 is 4.90 Å². The van der Waals surface area contributed by atoms with Crippen molar-refractivity contribution in [1.29, 1.82) is 0 Å². The van der Waals surface area contributed by atoms with E-state index in [0.29, 0.717) is 37.5 Å². The fourth-order valence-electron chi connectivity index (χ4n) is 4.91. The van der Waals surface area contributed by atoms with Gasteiger partial charge in [0.2, 0.25) is 21.6 Å². The molecule has 3 aliphatic rings. The molecule has 0 spiro atoms. The van der Waals surface area contributed by atoms with Gasteiger partial charge >= 0.3 is 0 Å². The number of ketones is 2. The molecule has 0 bridgehead atoms. The fraction of sp³-hybridized carbons (Fsp3) is 0.565. The predicted molar refractivity (Wildman–Crippen MR) is 116 cm³/mol. The molecule has 1 aliphatic carbocycles. The molecule has 1 unspecified atom stereocenters. The number of benzene rings is 1. The van der Waals surface area contributed by atoms with E-state index in [9.17, 15) is 18.0 Å². The first-order valence-corrected chi connectivity index (χ1v) is 12.5. The molecular weight excluding hydrogens is 400 g/mol. The highest BCUT2D eigenvalue weighted by Crippen LogP contribution is 2.36. The molecule has 0 saturated carbocycles. The molecule has 30 heavy (non-hydrogen) atoms. The lowest BCUT2D eigenvalue weighted by Gasteiger charge is -2.38. The van der Waals surface area contributed by atoms with Crippen LogP contribution in [0.4, 0.5) is 0 Å². The van der Waals surface area contributed by atoms with Crippen LogP contribution in [0, 0.1) is 5.92 Å². The van der Waals surface area contributed by atoms with Gasteiger partial charge in [0.25, 0.3) is 0 Å². The van der Waals surface area contributed by atoms with Crippen LogP contribution in [0.5, 0.6) is 0 Å². The SMILES string of the molecule is CCC1CCCCN1S(=O)(=O)C1=C(N2CCC(C)CC2)C(=O)c2ccccc2C1=O. The zero-order valence-electron chi connectivity index (χ0n) is 17.8. The number of rotatable bonds is 4. The summed E-state index contributed by atoms with van der Waals surface area (Å²) in [6.07, 6.45) is 5.00. The monoisotopic (exact) mass is 430 g/mol. The van der Waals surface area contributed by atoms with Gasteiger partial charge in [-0.25, -0.2) is 8.42 Å². The maximum atomic E-state index is 13.9. The molecule has 6 nitrogen and oxygen atoms in total. The predicted octanol–water partition coefficient (Wildman–Crippen LogP) is 3.60. The number of hydrogen-bond donors (Lipinski definition) is 0. The number of carbonyl (C=O) groups is 2. The minimum absolute atomic E-state index is 0.0889. The third kappa shape index (κ3) is 3.52. The summed E-state index contributed by atoms with van der Waals surface area (Å²) in [5, 5.41) is 0. The third-order valence-corrected chi connectivity index (χ3v) is 8.76. The molecule has 1 aromatic rings. The van der Waals surface area contributed by atoms with Crippen LogP contribution in [0.2, 0.25) is 0 Å². The van der Waals surface area contributed by atoms with E-state index in [4.69, 9.17) is 0 Å². The Balaban J connectivity index is 1.88. The van der Waals surface area contributed by atoms with E-state index in [2.05, 4.69) is 6.92 Å². The van der Waals surface area contributed by atoms with Crippen molar-refractivity contribution in [3.8, 4) is 0 Å². The van der Waals surface area contributed by atoms with Crippen LogP contribution in [0.1, 0.15) is 73.1 Å². The number of fused-ring (bicyclic) bond motifs is 1. The summed E-state index contributed by atoms with van der Waals surface area (Å²) in [5.74, 6) is -0.363. The van der Waals surface area contributed by atoms with Crippen LogP contribution in [-0.4, -0.2) is 54.9 Å². The second-order valence-corrected chi connectivity index (χ2v) is 10.6. The Kier molecular flexibility index (Phi) is 5.86. The summed E-state index contributed by atoms with van der Waals surface area (Å²) in [5.41, 5.74) is 0.590.